The predicted molar refractivity (Wildman–Crippen MR) is 95.9 cm³/mol. The van der Waals surface area contributed by atoms with E-state index in [1.54, 1.807) is 0 Å². The Kier molecular flexibility index (Phi) is 6.51. The van der Waals surface area contributed by atoms with Crippen molar-refractivity contribution in [1.82, 2.24) is 0 Å². The second-order valence-electron chi connectivity index (χ2n) is 5.50. The molecule has 0 saturated carbocycles. The Morgan fingerprint density at radius 2 is 1.72 bits per heavy atom. The first kappa shape index (κ1) is 22.2. The van der Waals surface area contributed by atoms with Gasteiger partial charge >= 0.3 is 12.4 Å². The minimum Gasteiger partial charge on any atom is -0.484 e. The molecule has 0 radical (unpaired) electrons. The fourth-order valence-electron chi connectivity index (χ4n) is 2.13. The third-order valence-electron chi connectivity index (χ3n) is 3.24. The maximum atomic E-state index is 13.0. The lowest BCUT2D eigenvalue weighted by Gasteiger charge is -2.16. The molecule has 0 fully saturated rings. The topological polar surface area (TPSA) is 76.4 Å². The molecule has 0 aliphatic carbocycles. The molecule has 0 aromatic heterocycles. The highest BCUT2D eigenvalue weighted by atomic mass is 32.1. The van der Waals surface area contributed by atoms with Crippen molar-refractivity contribution in [3.8, 4) is 5.75 Å². The summed E-state index contributed by atoms with van der Waals surface area (Å²) in [4.78, 5) is 10.1. The summed E-state index contributed by atoms with van der Waals surface area (Å²) in [5.74, 6) is -0.475. The van der Waals surface area contributed by atoms with Gasteiger partial charge in [-0.05, 0) is 24.4 Å². The molecule has 0 aliphatic rings. The van der Waals surface area contributed by atoms with Gasteiger partial charge in [-0.25, -0.2) is 0 Å². The molecule has 0 saturated heterocycles. The van der Waals surface area contributed by atoms with Gasteiger partial charge < -0.3 is 15.4 Å². The van der Waals surface area contributed by atoms with Crippen molar-refractivity contribution in [1.29, 1.82) is 0 Å². The summed E-state index contributed by atoms with van der Waals surface area (Å²) in [5.41, 5.74) is -2.14. The lowest BCUT2D eigenvalue weighted by atomic mass is 10.1. The first-order valence-electron chi connectivity index (χ1n) is 7.58. The number of nitro benzene ring substituents is 1. The molecule has 156 valence electrons. The largest absolute Gasteiger partial charge is 0.484 e. The first-order valence-corrected chi connectivity index (χ1v) is 7.99. The van der Waals surface area contributed by atoms with E-state index in [4.69, 9.17) is 12.2 Å². The van der Waals surface area contributed by atoms with Gasteiger partial charge in [0.25, 0.3) is 5.69 Å². The van der Waals surface area contributed by atoms with Crippen LogP contribution in [0.4, 0.5) is 43.4 Å². The van der Waals surface area contributed by atoms with E-state index in [1.165, 1.54) is 12.1 Å². The maximum Gasteiger partial charge on any atom is 0.422 e. The monoisotopic (exact) mass is 439 g/mol. The number of anilines is 2. The molecule has 6 nitrogen and oxygen atoms in total. The van der Waals surface area contributed by atoms with Gasteiger partial charge in [0, 0.05) is 12.1 Å². The molecule has 29 heavy (non-hydrogen) atoms. The standard InChI is InChI=1S/C16H11F6N3O3S/c17-15(18,19)8-28-11-6-9(5-10(7-11)25(26)27)23-14(29)24-13-4-2-1-3-12(13)16(20,21)22/h1-7H,8H2,(H2,23,24,29). The Balaban J connectivity index is 2.22. The number of ether oxygens (including phenoxy) is 1. The molecular weight excluding hydrogens is 428 g/mol. The van der Waals surface area contributed by atoms with Gasteiger partial charge in [0.15, 0.2) is 11.7 Å². The Morgan fingerprint density at radius 3 is 2.31 bits per heavy atom. The quantitative estimate of drug-likeness (QED) is 0.283. The molecule has 0 atom stereocenters. The van der Waals surface area contributed by atoms with E-state index in [0.29, 0.717) is 0 Å². The second-order valence-corrected chi connectivity index (χ2v) is 5.91. The Morgan fingerprint density at radius 1 is 1.07 bits per heavy atom. The molecule has 2 N–H and O–H groups in total. The lowest BCUT2D eigenvalue weighted by molar-refractivity contribution is -0.384. The Hall–Kier alpha value is -3.09. The van der Waals surface area contributed by atoms with Crippen LogP contribution >= 0.6 is 12.2 Å². The lowest BCUT2D eigenvalue weighted by Crippen LogP contribution is -2.22. The van der Waals surface area contributed by atoms with Crippen LogP contribution in [-0.4, -0.2) is 22.8 Å². The summed E-state index contributed by atoms with van der Waals surface area (Å²) in [6.45, 7) is -1.69. The van der Waals surface area contributed by atoms with Gasteiger partial charge in [-0.15, -0.1) is 0 Å². The molecule has 2 aromatic rings. The van der Waals surface area contributed by atoms with E-state index >= 15 is 0 Å². The fourth-order valence-corrected chi connectivity index (χ4v) is 2.36. The zero-order valence-electron chi connectivity index (χ0n) is 14.1. The summed E-state index contributed by atoms with van der Waals surface area (Å²) in [7, 11) is 0. The molecule has 0 amide bonds. The summed E-state index contributed by atoms with van der Waals surface area (Å²) >= 11 is 4.90. The Labute approximate surface area is 164 Å². The van der Waals surface area contributed by atoms with Crippen molar-refractivity contribution in [3.05, 3.63) is 58.1 Å². The number of non-ortho nitro benzene ring substituents is 1. The van der Waals surface area contributed by atoms with Gasteiger partial charge in [-0.3, -0.25) is 10.1 Å². The van der Waals surface area contributed by atoms with Crippen molar-refractivity contribution in [2.24, 2.45) is 0 Å². The molecule has 0 bridgehead atoms. The SMILES string of the molecule is O=[N+]([O-])c1cc(NC(=S)Nc2ccccc2C(F)(F)F)cc(OCC(F)(F)F)c1. The Bertz CT molecular complexity index is 918. The number of hydrogen-bond acceptors (Lipinski definition) is 4. The van der Waals surface area contributed by atoms with Crippen LogP contribution in [0.25, 0.3) is 0 Å². The van der Waals surface area contributed by atoms with Crippen LogP contribution in [0.15, 0.2) is 42.5 Å². The van der Waals surface area contributed by atoms with E-state index in [-0.39, 0.29) is 16.5 Å². The van der Waals surface area contributed by atoms with Crippen molar-refractivity contribution in [2.45, 2.75) is 12.4 Å². The fraction of sp³-hybridized carbons (Fsp3) is 0.188. The number of nitrogens with one attached hydrogen (secondary N) is 2. The van der Waals surface area contributed by atoms with Crippen molar-refractivity contribution in [3.63, 3.8) is 0 Å². The second kappa shape index (κ2) is 8.51. The third kappa shape index (κ3) is 6.78. The molecule has 2 aromatic carbocycles. The number of thiocarbonyl (C=S) groups is 1. The number of benzene rings is 2. The van der Waals surface area contributed by atoms with Crippen molar-refractivity contribution < 1.29 is 36.0 Å². The molecule has 0 unspecified atom stereocenters. The van der Waals surface area contributed by atoms with Crippen LogP contribution in [0.5, 0.6) is 5.75 Å². The summed E-state index contributed by atoms with van der Waals surface area (Å²) in [6, 6.07) is 7.13. The zero-order chi connectivity index (χ0) is 21.8. The third-order valence-corrected chi connectivity index (χ3v) is 3.45. The van der Waals surface area contributed by atoms with Gasteiger partial charge in [0.05, 0.1) is 27.9 Å². The van der Waals surface area contributed by atoms with Crippen LogP contribution in [0.2, 0.25) is 0 Å². The minimum atomic E-state index is -4.67. The predicted octanol–water partition coefficient (Wildman–Crippen LogP) is 5.36. The molecule has 2 rings (SSSR count). The first-order chi connectivity index (χ1) is 13.3. The van der Waals surface area contributed by atoms with Crippen LogP contribution in [0, 0.1) is 10.1 Å². The van der Waals surface area contributed by atoms with Crippen LogP contribution in [0.3, 0.4) is 0 Å². The van der Waals surface area contributed by atoms with Crippen LogP contribution < -0.4 is 15.4 Å². The van der Waals surface area contributed by atoms with Crippen molar-refractivity contribution in [2.75, 3.05) is 17.2 Å². The number of hydrogen-bond donors (Lipinski definition) is 2. The highest BCUT2D eigenvalue weighted by Gasteiger charge is 2.33. The van der Waals surface area contributed by atoms with Crippen LogP contribution in [-0.2, 0) is 6.18 Å². The smallest absolute Gasteiger partial charge is 0.422 e. The highest BCUT2D eigenvalue weighted by Crippen LogP contribution is 2.35. The number of para-hydroxylation sites is 1. The maximum absolute atomic E-state index is 13.0. The van der Waals surface area contributed by atoms with Crippen molar-refractivity contribution >= 4 is 34.4 Å². The molecule has 13 heteroatoms. The van der Waals surface area contributed by atoms with E-state index in [2.05, 4.69) is 15.4 Å². The van der Waals surface area contributed by atoms with Gasteiger partial charge in [-0.1, -0.05) is 12.1 Å². The average Bonchev–Trinajstić information content (AvgIpc) is 2.58. The number of nitro groups is 1. The molecule has 0 heterocycles. The summed E-state index contributed by atoms with van der Waals surface area (Å²) < 4.78 is 80.4. The summed E-state index contributed by atoms with van der Waals surface area (Å²) in [5, 5.41) is 15.3. The minimum absolute atomic E-state index is 0.154. The number of alkyl halides is 6. The molecule has 0 aliphatic heterocycles. The normalized spacial score (nSPS) is 11.7. The van der Waals surface area contributed by atoms with E-state index in [9.17, 15) is 36.5 Å². The van der Waals surface area contributed by atoms with E-state index in [0.717, 1.165) is 30.3 Å². The number of halogens is 6. The zero-order valence-corrected chi connectivity index (χ0v) is 14.9. The molecular formula is C16H11F6N3O3S. The van der Waals surface area contributed by atoms with E-state index < -0.39 is 40.9 Å². The van der Waals surface area contributed by atoms with Crippen LogP contribution in [0.1, 0.15) is 5.56 Å². The van der Waals surface area contributed by atoms with E-state index in [1.807, 2.05) is 0 Å². The van der Waals surface area contributed by atoms with Gasteiger partial charge in [0.1, 0.15) is 5.75 Å². The number of nitrogens with zero attached hydrogens (tertiary/aromatic N) is 1. The van der Waals surface area contributed by atoms with Gasteiger partial charge in [-0.2, -0.15) is 26.3 Å². The van der Waals surface area contributed by atoms with Gasteiger partial charge in [0.2, 0.25) is 0 Å². The highest BCUT2D eigenvalue weighted by molar-refractivity contribution is 7.80. The summed E-state index contributed by atoms with van der Waals surface area (Å²) in [6.07, 6.45) is -9.33. The molecule has 0 spiro atoms. The number of rotatable bonds is 5. The average molecular weight is 439 g/mol.